The van der Waals surface area contributed by atoms with E-state index < -0.39 is 11.7 Å². The third-order valence-corrected chi connectivity index (χ3v) is 6.27. The van der Waals surface area contributed by atoms with E-state index in [1.165, 1.54) is 12.4 Å². The number of rotatable bonds is 4. The summed E-state index contributed by atoms with van der Waals surface area (Å²) in [4.78, 5) is 15.5. The number of halogens is 3. The van der Waals surface area contributed by atoms with Crippen molar-refractivity contribution in [2.75, 3.05) is 0 Å². The van der Waals surface area contributed by atoms with Gasteiger partial charge in [-0.25, -0.2) is 15.0 Å². The summed E-state index contributed by atoms with van der Waals surface area (Å²) >= 11 is 0. The van der Waals surface area contributed by atoms with Crippen molar-refractivity contribution in [3.05, 3.63) is 71.9 Å². The Kier molecular flexibility index (Phi) is 3.50. The molecule has 0 aliphatic heterocycles. The van der Waals surface area contributed by atoms with Gasteiger partial charge in [0.25, 0.3) is 0 Å². The van der Waals surface area contributed by atoms with E-state index >= 15 is 0 Å². The number of hydrogen-bond acceptors (Lipinski definition) is 5. The first-order valence-corrected chi connectivity index (χ1v) is 9.70. The number of aromatic hydroxyl groups is 1. The van der Waals surface area contributed by atoms with Crippen LogP contribution >= 0.6 is 0 Å². The first-order valence-electron chi connectivity index (χ1n) is 9.70. The summed E-state index contributed by atoms with van der Waals surface area (Å²) in [5.41, 5.74) is 0.612. The largest absolute Gasteiger partial charge is 0.508 e. The minimum atomic E-state index is -4.40. The maximum absolute atomic E-state index is 13.0. The maximum Gasteiger partial charge on any atom is 0.416 e. The highest BCUT2D eigenvalue weighted by Gasteiger charge is 2.81. The number of H-pyrrole nitrogens is 1. The second-order valence-electron chi connectivity index (χ2n) is 8.01. The molecule has 0 spiro atoms. The summed E-state index contributed by atoms with van der Waals surface area (Å²) in [7, 11) is 0. The van der Waals surface area contributed by atoms with E-state index in [1.807, 2.05) is 0 Å². The van der Waals surface area contributed by atoms with Crippen LogP contribution in [-0.2, 0) is 11.6 Å². The number of aromatic nitrogens is 4. The quantitative estimate of drug-likeness (QED) is 0.486. The Balaban J connectivity index is 1.31. The Morgan fingerprint density at radius 3 is 2.74 bits per heavy atom. The van der Waals surface area contributed by atoms with Crippen molar-refractivity contribution in [2.24, 2.45) is 5.92 Å². The lowest BCUT2D eigenvalue weighted by Gasteiger charge is -2.14. The summed E-state index contributed by atoms with van der Waals surface area (Å²) in [6, 6.07) is 10.2. The lowest BCUT2D eigenvalue weighted by atomic mass is 9.95. The molecule has 0 amide bonds. The Bertz CT molecular complexity index is 1320. The maximum atomic E-state index is 13.0. The third kappa shape index (κ3) is 2.76. The molecule has 31 heavy (non-hydrogen) atoms. The van der Waals surface area contributed by atoms with E-state index in [-0.39, 0.29) is 23.0 Å². The molecule has 9 heteroatoms. The van der Waals surface area contributed by atoms with Gasteiger partial charge in [0.05, 0.1) is 16.6 Å². The summed E-state index contributed by atoms with van der Waals surface area (Å²) < 4.78 is 44.8. The first-order chi connectivity index (χ1) is 14.9. The topological polar surface area (TPSA) is 83.9 Å². The predicted octanol–water partition coefficient (Wildman–Crippen LogP) is 4.92. The number of fused-ring (bicyclic) bond motifs is 2. The van der Waals surface area contributed by atoms with Gasteiger partial charge in [-0.1, -0.05) is 0 Å². The average molecular weight is 424 g/mol. The van der Waals surface area contributed by atoms with E-state index in [9.17, 15) is 18.3 Å². The molecule has 2 aromatic heterocycles. The molecule has 6 rings (SSSR count). The minimum Gasteiger partial charge on any atom is -0.508 e. The zero-order valence-electron chi connectivity index (χ0n) is 15.9. The summed E-state index contributed by atoms with van der Waals surface area (Å²) in [5.74, 6) is 2.06. The molecule has 6 nitrogen and oxygen atoms in total. The molecular weight excluding hydrogens is 409 g/mol. The average Bonchev–Trinajstić information content (AvgIpc) is 3.57. The van der Waals surface area contributed by atoms with Crippen LogP contribution < -0.4 is 4.74 Å². The van der Waals surface area contributed by atoms with Crippen molar-refractivity contribution < 1.29 is 23.0 Å². The van der Waals surface area contributed by atoms with Gasteiger partial charge in [0.1, 0.15) is 23.7 Å². The lowest BCUT2D eigenvalue weighted by Crippen LogP contribution is -2.05. The van der Waals surface area contributed by atoms with Gasteiger partial charge in [-0.05, 0) is 48.7 Å². The fourth-order valence-corrected chi connectivity index (χ4v) is 4.53. The van der Waals surface area contributed by atoms with Gasteiger partial charge in [0.2, 0.25) is 5.88 Å². The standard InChI is InChI=1S/C22H15F3N4O2/c23-22(24,25)11-1-3-15-16(7-11)29-20(28-15)21-9-14(21)19(21)13-8-12(2-4-17(13)30)31-18-5-6-26-10-27-18/h1-8,10,14,19,30H,9H2,(H,28,29). The first kappa shape index (κ1) is 18.2. The summed E-state index contributed by atoms with van der Waals surface area (Å²) in [6.07, 6.45) is -0.577. The zero-order chi connectivity index (χ0) is 21.4. The lowest BCUT2D eigenvalue weighted by molar-refractivity contribution is -0.137. The highest BCUT2D eigenvalue weighted by atomic mass is 19.4. The molecule has 3 unspecified atom stereocenters. The van der Waals surface area contributed by atoms with Crippen molar-refractivity contribution in [2.45, 2.75) is 23.9 Å². The van der Waals surface area contributed by atoms with Crippen molar-refractivity contribution in [1.82, 2.24) is 19.9 Å². The van der Waals surface area contributed by atoms with Crippen LogP contribution in [0.5, 0.6) is 17.4 Å². The van der Waals surface area contributed by atoms with E-state index in [4.69, 9.17) is 4.74 Å². The predicted molar refractivity (Wildman–Crippen MR) is 104 cm³/mol. The molecule has 2 saturated carbocycles. The molecule has 4 aromatic rings. The Morgan fingerprint density at radius 1 is 1.13 bits per heavy atom. The SMILES string of the molecule is Oc1ccc(Oc2ccncn2)cc1C1C2CC21c1nc2ccc(C(F)(F)F)cc2[nH]1. The van der Waals surface area contributed by atoms with Gasteiger partial charge >= 0.3 is 6.18 Å². The summed E-state index contributed by atoms with van der Waals surface area (Å²) in [5, 5.41) is 10.4. The van der Waals surface area contributed by atoms with Gasteiger partial charge in [0.15, 0.2) is 0 Å². The fraction of sp³-hybridized carbons (Fsp3) is 0.227. The second-order valence-corrected chi connectivity index (χ2v) is 8.01. The molecule has 0 radical (unpaired) electrons. The number of hydrogen-bond donors (Lipinski definition) is 2. The van der Waals surface area contributed by atoms with Crippen molar-refractivity contribution in [3.8, 4) is 17.4 Å². The van der Waals surface area contributed by atoms with E-state index in [1.54, 1.807) is 30.5 Å². The van der Waals surface area contributed by atoms with Crippen molar-refractivity contribution in [3.63, 3.8) is 0 Å². The van der Waals surface area contributed by atoms with Gasteiger partial charge in [-0.15, -0.1) is 0 Å². The molecule has 2 aliphatic carbocycles. The zero-order valence-corrected chi connectivity index (χ0v) is 15.9. The molecule has 2 fully saturated rings. The number of phenolic OH excluding ortho intramolecular Hbond substituents is 1. The van der Waals surface area contributed by atoms with Crippen molar-refractivity contribution >= 4 is 11.0 Å². The molecule has 3 atom stereocenters. The molecule has 2 aromatic carbocycles. The number of imidazole rings is 1. The van der Waals surface area contributed by atoms with Gasteiger partial charge in [0, 0.05) is 29.2 Å². The van der Waals surface area contributed by atoms with Crippen molar-refractivity contribution in [1.29, 1.82) is 0 Å². The van der Waals surface area contributed by atoms with Crippen LogP contribution in [0.1, 0.15) is 29.3 Å². The van der Waals surface area contributed by atoms with E-state index in [0.29, 0.717) is 28.5 Å². The van der Waals surface area contributed by atoms with Crippen LogP contribution in [0.25, 0.3) is 11.0 Å². The number of nitrogens with one attached hydrogen (secondary N) is 1. The number of nitrogens with zero attached hydrogens (tertiary/aromatic N) is 3. The van der Waals surface area contributed by atoms with E-state index in [0.717, 1.165) is 24.1 Å². The van der Waals surface area contributed by atoms with Crippen LogP contribution in [0.2, 0.25) is 0 Å². The Labute approximate surface area is 173 Å². The molecule has 0 bridgehead atoms. The van der Waals surface area contributed by atoms with Crippen LogP contribution in [-0.4, -0.2) is 25.0 Å². The molecule has 2 N–H and O–H groups in total. The molecule has 2 aliphatic rings. The highest BCUT2D eigenvalue weighted by Crippen LogP contribution is 2.84. The van der Waals surface area contributed by atoms with E-state index in [2.05, 4.69) is 19.9 Å². The van der Waals surface area contributed by atoms with Gasteiger partial charge < -0.3 is 14.8 Å². The number of phenols is 1. The molecule has 2 heterocycles. The Morgan fingerprint density at radius 2 is 2.00 bits per heavy atom. The smallest absolute Gasteiger partial charge is 0.416 e. The molecule has 0 saturated heterocycles. The van der Waals surface area contributed by atoms with Crippen LogP contribution in [0, 0.1) is 5.92 Å². The number of benzene rings is 2. The number of aromatic amines is 1. The fourth-order valence-electron chi connectivity index (χ4n) is 4.53. The minimum absolute atomic E-state index is 0.0316. The Hall–Kier alpha value is -3.62. The second kappa shape index (κ2) is 5.96. The van der Waals surface area contributed by atoms with Crippen LogP contribution in [0.3, 0.4) is 0 Å². The van der Waals surface area contributed by atoms with Crippen LogP contribution in [0.15, 0.2) is 55.0 Å². The third-order valence-electron chi connectivity index (χ3n) is 6.27. The molecule has 156 valence electrons. The van der Waals surface area contributed by atoms with Gasteiger partial charge in [-0.2, -0.15) is 13.2 Å². The van der Waals surface area contributed by atoms with Crippen LogP contribution in [0.4, 0.5) is 13.2 Å². The normalized spacial score (nSPS) is 24.1. The molecular formula is C22H15F3N4O2. The monoisotopic (exact) mass is 424 g/mol. The highest BCUT2D eigenvalue weighted by molar-refractivity contribution is 5.77. The van der Waals surface area contributed by atoms with Gasteiger partial charge in [-0.3, -0.25) is 0 Å². The number of alkyl halides is 3. The summed E-state index contributed by atoms with van der Waals surface area (Å²) in [6.45, 7) is 0. The number of ether oxygens (including phenoxy) is 1.